The molecule has 0 unspecified atom stereocenters. The number of likely N-dealkylation sites (tertiary alicyclic amines) is 1. The normalized spacial score (nSPS) is 14.2. The molecule has 2 amide bonds. The molecule has 3 aromatic rings. The first-order chi connectivity index (χ1) is 14.5. The van der Waals surface area contributed by atoms with Gasteiger partial charge >= 0.3 is 6.03 Å². The van der Waals surface area contributed by atoms with Crippen LogP contribution in [-0.4, -0.2) is 37.2 Å². The maximum Gasteiger partial charge on any atom is 0.316 e. The fraction of sp³-hybridized carbons (Fsp3) is 0.208. The Morgan fingerprint density at radius 3 is 2.50 bits per heavy atom. The van der Waals surface area contributed by atoms with Gasteiger partial charge in [0.1, 0.15) is 11.9 Å². The van der Waals surface area contributed by atoms with Gasteiger partial charge in [0, 0.05) is 29.4 Å². The Kier molecular flexibility index (Phi) is 5.93. The van der Waals surface area contributed by atoms with Gasteiger partial charge in [0.25, 0.3) is 0 Å². The number of carbonyl (C=O) groups is 1. The molecule has 1 aliphatic heterocycles. The van der Waals surface area contributed by atoms with Crippen LogP contribution in [0.4, 0.5) is 10.5 Å². The number of hydrogen-bond donors (Lipinski definition) is 2. The van der Waals surface area contributed by atoms with E-state index in [1.165, 1.54) is 5.56 Å². The monoisotopic (exact) mass is 421 g/mol. The van der Waals surface area contributed by atoms with Crippen molar-refractivity contribution in [2.24, 2.45) is 5.73 Å². The zero-order valence-corrected chi connectivity index (χ0v) is 17.5. The molecule has 1 fully saturated rings. The molecule has 0 bridgehead atoms. The molecule has 3 N–H and O–H groups in total. The minimum Gasteiger partial charge on any atom is -0.487 e. The number of ether oxygens (including phenoxy) is 1. The fourth-order valence-corrected chi connectivity index (χ4v) is 3.84. The summed E-state index contributed by atoms with van der Waals surface area (Å²) in [4.78, 5) is 13.2. The van der Waals surface area contributed by atoms with Gasteiger partial charge in [-0.05, 0) is 66.6 Å². The second-order valence-electron chi connectivity index (χ2n) is 7.66. The van der Waals surface area contributed by atoms with E-state index in [1.807, 2.05) is 48.5 Å². The standard InChI is InChI=1S/C24H24ClN3O2/c1-28-14-21(15-28)30-23-10-7-17(12-22(23)18-3-2-4-19(25)13-18)11-16-5-8-20(9-6-16)27-24(26)29/h2-10,12-13,21H,11,14-15H2,1H3,(H3,26,27,29). The third kappa shape index (κ3) is 4.93. The lowest BCUT2D eigenvalue weighted by Gasteiger charge is -2.36. The SMILES string of the molecule is CN1CC(Oc2ccc(Cc3ccc(NC(N)=O)cc3)cc2-c2cccc(Cl)c2)C1. The van der Waals surface area contributed by atoms with Crippen LogP contribution in [0.1, 0.15) is 11.1 Å². The molecule has 3 aromatic carbocycles. The quantitative estimate of drug-likeness (QED) is 0.601. The Bertz CT molecular complexity index is 1050. The molecule has 1 aliphatic rings. The molecule has 6 heteroatoms. The first kappa shape index (κ1) is 20.3. The largest absolute Gasteiger partial charge is 0.487 e. The number of rotatable bonds is 6. The van der Waals surface area contributed by atoms with Crippen LogP contribution >= 0.6 is 11.6 Å². The van der Waals surface area contributed by atoms with Crippen molar-refractivity contribution in [3.8, 4) is 16.9 Å². The van der Waals surface area contributed by atoms with Gasteiger partial charge in [0.2, 0.25) is 0 Å². The highest BCUT2D eigenvalue weighted by Crippen LogP contribution is 2.34. The van der Waals surface area contributed by atoms with E-state index in [1.54, 1.807) is 0 Å². The summed E-state index contributed by atoms with van der Waals surface area (Å²) < 4.78 is 6.27. The minimum atomic E-state index is -0.567. The number of halogens is 1. The summed E-state index contributed by atoms with van der Waals surface area (Å²) in [7, 11) is 2.09. The van der Waals surface area contributed by atoms with Crippen LogP contribution in [0.3, 0.4) is 0 Å². The number of urea groups is 1. The summed E-state index contributed by atoms with van der Waals surface area (Å²) in [6, 6.07) is 21.3. The molecule has 1 saturated heterocycles. The summed E-state index contributed by atoms with van der Waals surface area (Å²) in [6.07, 6.45) is 0.973. The highest BCUT2D eigenvalue weighted by atomic mass is 35.5. The summed E-state index contributed by atoms with van der Waals surface area (Å²) in [5.74, 6) is 0.875. The smallest absolute Gasteiger partial charge is 0.316 e. The number of carbonyl (C=O) groups excluding carboxylic acids is 1. The van der Waals surface area contributed by atoms with E-state index in [4.69, 9.17) is 22.1 Å². The van der Waals surface area contributed by atoms with E-state index in [0.29, 0.717) is 10.7 Å². The topological polar surface area (TPSA) is 67.6 Å². The molecule has 30 heavy (non-hydrogen) atoms. The van der Waals surface area contributed by atoms with Gasteiger partial charge in [-0.15, -0.1) is 0 Å². The number of anilines is 1. The lowest BCUT2D eigenvalue weighted by Crippen LogP contribution is -2.51. The van der Waals surface area contributed by atoms with Crippen LogP contribution in [0.15, 0.2) is 66.7 Å². The molecule has 4 rings (SSSR count). The van der Waals surface area contributed by atoms with Crippen molar-refractivity contribution < 1.29 is 9.53 Å². The fourth-order valence-electron chi connectivity index (χ4n) is 3.65. The molecular formula is C24H24ClN3O2. The van der Waals surface area contributed by atoms with E-state index in [2.05, 4.69) is 35.5 Å². The van der Waals surface area contributed by atoms with E-state index in [9.17, 15) is 4.79 Å². The lowest BCUT2D eigenvalue weighted by atomic mass is 9.98. The molecule has 154 valence electrons. The summed E-state index contributed by atoms with van der Waals surface area (Å²) in [5, 5.41) is 3.28. The number of primary amides is 1. The van der Waals surface area contributed by atoms with E-state index < -0.39 is 6.03 Å². The third-order valence-corrected chi connectivity index (χ3v) is 5.37. The van der Waals surface area contributed by atoms with Crippen LogP contribution in [0.25, 0.3) is 11.1 Å². The molecule has 0 aliphatic carbocycles. The van der Waals surface area contributed by atoms with Crippen molar-refractivity contribution in [3.05, 3.63) is 82.9 Å². The van der Waals surface area contributed by atoms with Crippen molar-refractivity contribution in [2.75, 3.05) is 25.5 Å². The molecule has 0 radical (unpaired) electrons. The van der Waals surface area contributed by atoms with Crippen LogP contribution in [0.2, 0.25) is 5.02 Å². The van der Waals surface area contributed by atoms with E-state index in [-0.39, 0.29) is 6.10 Å². The number of benzene rings is 3. The summed E-state index contributed by atoms with van der Waals surface area (Å²) in [6.45, 7) is 1.87. The lowest BCUT2D eigenvalue weighted by molar-refractivity contribution is 0.0392. The molecule has 1 heterocycles. The Hall–Kier alpha value is -3.02. The van der Waals surface area contributed by atoms with Crippen molar-refractivity contribution in [2.45, 2.75) is 12.5 Å². The Morgan fingerprint density at radius 1 is 1.10 bits per heavy atom. The van der Waals surface area contributed by atoms with Gasteiger partial charge in [0.15, 0.2) is 0 Å². The second-order valence-corrected chi connectivity index (χ2v) is 8.10. The second kappa shape index (κ2) is 8.78. The molecular weight excluding hydrogens is 398 g/mol. The van der Waals surface area contributed by atoms with E-state index >= 15 is 0 Å². The third-order valence-electron chi connectivity index (χ3n) is 5.13. The van der Waals surface area contributed by atoms with Crippen molar-refractivity contribution in [3.63, 3.8) is 0 Å². The zero-order chi connectivity index (χ0) is 21.1. The zero-order valence-electron chi connectivity index (χ0n) is 16.8. The average molecular weight is 422 g/mol. The maximum absolute atomic E-state index is 11.0. The predicted octanol–water partition coefficient (Wildman–Crippen LogP) is 4.78. The van der Waals surface area contributed by atoms with Gasteiger partial charge in [-0.25, -0.2) is 4.79 Å². The summed E-state index contributed by atoms with van der Waals surface area (Å²) in [5.41, 5.74) is 10.2. The Morgan fingerprint density at radius 2 is 1.83 bits per heavy atom. The van der Waals surface area contributed by atoms with Gasteiger partial charge in [0.05, 0.1) is 0 Å². The molecule has 0 aromatic heterocycles. The highest BCUT2D eigenvalue weighted by Gasteiger charge is 2.25. The van der Waals surface area contributed by atoms with Crippen molar-refractivity contribution in [1.29, 1.82) is 0 Å². The Balaban J connectivity index is 1.59. The van der Waals surface area contributed by atoms with Crippen molar-refractivity contribution in [1.82, 2.24) is 4.90 Å². The summed E-state index contributed by atoms with van der Waals surface area (Å²) >= 11 is 6.24. The molecule has 0 spiro atoms. The first-order valence-electron chi connectivity index (χ1n) is 9.86. The number of nitrogens with two attached hydrogens (primary N) is 1. The molecule has 5 nitrogen and oxygen atoms in total. The molecule has 0 saturated carbocycles. The van der Waals surface area contributed by atoms with Crippen molar-refractivity contribution >= 4 is 23.3 Å². The first-order valence-corrected chi connectivity index (χ1v) is 10.2. The highest BCUT2D eigenvalue weighted by molar-refractivity contribution is 6.30. The van der Waals surface area contributed by atoms with Gasteiger partial charge < -0.3 is 15.8 Å². The van der Waals surface area contributed by atoms with Crippen LogP contribution in [-0.2, 0) is 6.42 Å². The van der Waals surface area contributed by atoms with Crippen LogP contribution in [0.5, 0.6) is 5.75 Å². The number of amides is 2. The van der Waals surface area contributed by atoms with Crippen LogP contribution < -0.4 is 15.8 Å². The Labute approximate surface area is 181 Å². The van der Waals surface area contributed by atoms with Crippen LogP contribution in [0, 0.1) is 0 Å². The minimum absolute atomic E-state index is 0.212. The number of nitrogens with one attached hydrogen (secondary N) is 1. The van der Waals surface area contributed by atoms with E-state index in [0.717, 1.165) is 42.0 Å². The molecule has 0 atom stereocenters. The average Bonchev–Trinajstić information content (AvgIpc) is 2.69. The number of hydrogen-bond acceptors (Lipinski definition) is 3. The number of nitrogens with zero attached hydrogens (tertiary/aromatic N) is 1. The van der Waals surface area contributed by atoms with Gasteiger partial charge in [-0.1, -0.05) is 41.9 Å². The predicted molar refractivity (Wildman–Crippen MR) is 121 cm³/mol. The van der Waals surface area contributed by atoms with Gasteiger partial charge in [-0.3, -0.25) is 4.90 Å². The van der Waals surface area contributed by atoms with Gasteiger partial charge in [-0.2, -0.15) is 0 Å². The number of likely N-dealkylation sites (N-methyl/N-ethyl adjacent to an activating group) is 1. The maximum atomic E-state index is 11.0.